The van der Waals surface area contributed by atoms with E-state index >= 15 is 0 Å². The molecule has 2 unspecified atom stereocenters. The number of benzene rings is 1. The maximum absolute atomic E-state index is 11.5. The molecule has 2 aliphatic heterocycles. The molecule has 1 saturated heterocycles. The number of nitrogens with zero attached hydrogens (tertiary/aromatic N) is 1. The molecule has 2 aliphatic rings. The van der Waals surface area contributed by atoms with Gasteiger partial charge in [0.25, 0.3) is 5.91 Å². The normalized spacial score (nSPS) is 26.3. The first kappa shape index (κ1) is 12.9. The summed E-state index contributed by atoms with van der Waals surface area (Å²) in [7, 11) is 0. The van der Waals surface area contributed by atoms with Gasteiger partial charge in [-0.2, -0.15) is 0 Å². The topological polar surface area (TPSA) is 52.6 Å². The average Bonchev–Trinajstić information content (AvgIpc) is 2.66. The number of halogens is 1. The van der Waals surface area contributed by atoms with Crippen molar-refractivity contribution >= 4 is 33.2 Å². The minimum atomic E-state index is -1.04. The SMILES string of the molecule is CC1CCCCN1c1cc2c(cc1Br)C(O)C(=O)N2. The van der Waals surface area contributed by atoms with Crippen LogP contribution in [0.3, 0.4) is 0 Å². The van der Waals surface area contributed by atoms with Gasteiger partial charge in [0.15, 0.2) is 6.10 Å². The molecular weight excluding hydrogens is 308 g/mol. The Morgan fingerprint density at radius 2 is 2.21 bits per heavy atom. The maximum Gasteiger partial charge on any atom is 0.257 e. The van der Waals surface area contributed by atoms with Crippen molar-refractivity contribution in [2.45, 2.75) is 38.3 Å². The molecule has 0 saturated carbocycles. The summed E-state index contributed by atoms with van der Waals surface area (Å²) in [4.78, 5) is 13.9. The van der Waals surface area contributed by atoms with Crippen molar-refractivity contribution in [3.8, 4) is 0 Å². The zero-order chi connectivity index (χ0) is 13.6. The van der Waals surface area contributed by atoms with Crippen molar-refractivity contribution < 1.29 is 9.90 Å². The van der Waals surface area contributed by atoms with Gasteiger partial charge in [-0.1, -0.05) is 0 Å². The van der Waals surface area contributed by atoms with E-state index in [9.17, 15) is 9.90 Å². The van der Waals surface area contributed by atoms with Crippen LogP contribution in [0.15, 0.2) is 16.6 Å². The molecule has 0 spiro atoms. The molecule has 2 heterocycles. The van der Waals surface area contributed by atoms with Gasteiger partial charge >= 0.3 is 0 Å². The van der Waals surface area contributed by atoms with Crippen LogP contribution in [0.5, 0.6) is 0 Å². The molecule has 1 amide bonds. The highest BCUT2D eigenvalue weighted by atomic mass is 79.9. The fourth-order valence-corrected chi connectivity index (χ4v) is 3.52. The largest absolute Gasteiger partial charge is 0.378 e. The summed E-state index contributed by atoms with van der Waals surface area (Å²) in [6.07, 6.45) is 2.62. The fraction of sp³-hybridized carbons (Fsp3) is 0.500. The highest BCUT2D eigenvalue weighted by Crippen LogP contribution is 2.40. The van der Waals surface area contributed by atoms with Gasteiger partial charge in [0, 0.05) is 28.3 Å². The monoisotopic (exact) mass is 324 g/mol. The van der Waals surface area contributed by atoms with E-state index in [1.54, 1.807) is 0 Å². The van der Waals surface area contributed by atoms with E-state index in [2.05, 4.69) is 33.1 Å². The number of hydrogen-bond acceptors (Lipinski definition) is 3. The molecule has 0 aliphatic carbocycles. The van der Waals surface area contributed by atoms with Crippen LogP contribution >= 0.6 is 15.9 Å². The predicted octanol–water partition coefficient (Wildman–Crippen LogP) is 2.81. The Morgan fingerprint density at radius 3 is 2.95 bits per heavy atom. The maximum atomic E-state index is 11.5. The van der Waals surface area contributed by atoms with Crippen LogP contribution in [0.25, 0.3) is 0 Å². The Bertz CT molecular complexity index is 532. The van der Waals surface area contributed by atoms with Crippen molar-refractivity contribution in [3.63, 3.8) is 0 Å². The third-order valence-corrected chi connectivity index (χ3v) is 4.67. The summed E-state index contributed by atoms with van der Waals surface area (Å²) in [5.41, 5.74) is 2.49. The molecule has 102 valence electrons. The molecule has 2 N–H and O–H groups in total. The minimum Gasteiger partial charge on any atom is -0.378 e. The van der Waals surface area contributed by atoms with E-state index < -0.39 is 6.10 Å². The van der Waals surface area contributed by atoms with E-state index in [0.29, 0.717) is 11.6 Å². The van der Waals surface area contributed by atoms with Crippen molar-refractivity contribution in [3.05, 3.63) is 22.2 Å². The lowest BCUT2D eigenvalue weighted by Gasteiger charge is -2.36. The van der Waals surface area contributed by atoms with E-state index in [0.717, 1.165) is 22.4 Å². The lowest BCUT2D eigenvalue weighted by molar-refractivity contribution is -0.123. The fourth-order valence-electron chi connectivity index (χ4n) is 2.93. The standard InChI is InChI=1S/C14H17BrN2O2/c1-8-4-2-3-5-17(8)12-7-11-9(6-10(12)15)13(18)14(19)16-11/h6-8,13,18H,2-5H2,1H3,(H,16,19). The number of nitrogens with one attached hydrogen (secondary N) is 1. The first-order valence-corrected chi connectivity index (χ1v) is 7.46. The smallest absolute Gasteiger partial charge is 0.257 e. The number of hydrogen-bond donors (Lipinski definition) is 2. The van der Waals surface area contributed by atoms with Crippen LogP contribution in [0.2, 0.25) is 0 Å². The molecule has 1 aromatic rings. The van der Waals surface area contributed by atoms with Crippen LogP contribution in [0.1, 0.15) is 37.9 Å². The molecular formula is C14H17BrN2O2. The third kappa shape index (κ3) is 2.15. The van der Waals surface area contributed by atoms with Gasteiger partial charge in [-0.05, 0) is 54.2 Å². The van der Waals surface area contributed by atoms with Gasteiger partial charge in [0.05, 0.1) is 5.69 Å². The van der Waals surface area contributed by atoms with E-state index in [1.165, 1.54) is 19.3 Å². The molecule has 0 bridgehead atoms. The second-order valence-corrected chi connectivity index (χ2v) is 6.18. The highest BCUT2D eigenvalue weighted by Gasteiger charge is 2.31. The van der Waals surface area contributed by atoms with Gasteiger partial charge in [0.2, 0.25) is 0 Å². The zero-order valence-corrected chi connectivity index (χ0v) is 12.4. The van der Waals surface area contributed by atoms with E-state index in [4.69, 9.17) is 0 Å². The number of aliphatic hydroxyl groups is 1. The highest BCUT2D eigenvalue weighted by molar-refractivity contribution is 9.10. The second-order valence-electron chi connectivity index (χ2n) is 5.32. The number of carbonyl (C=O) groups excluding carboxylic acids is 1. The number of fused-ring (bicyclic) bond motifs is 1. The molecule has 1 fully saturated rings. The molecule has 1 aromatic carbocycles. The summed E-state index contributed by atoms with van der Waals surface area (Å²) in [5, 5.41) is 12.5. The molecule has 19 heavy (non-hydrogen) atoms. The van der Waals surface area contributed by atoms with Crippen LogP contribution in [0.4, 0.5) is 11.4 Å². The number of aliphatic hydroxyl groups excluding tert-OH is 1. The van der Waals surface area contributed by atoms with Crippen LogP contribution in [-0.4, -0.2) is 23.6 Å². The first-order chi connectivity index (χ1) is 9.08. The Balaban J connectivity index is 2.00. The number of amides is 1. The van der Waals surface area contributed by atoms with Gasteiger partial charge in [-0.3, -0.25) is 4.79 Å². The van der Waals surface area contributed by atoms with E-state index in [-0.39, 0.29) is 5.91 Å². The second kappa shape index (κ2) is 4.80. The Morgan fingerprint density at radius 1 is 1.42 bits per heavy atom. The summed E-state index contributed by atoms with van der Waals surface area (Å²) < 4.78 is 0.940. The average molecular weight is 325 g/mol. The Hall–Kier alpha value is -1.07. The summed E-state index contributed by atoms with van der Waals surface area (Å²) in [5.74, 6) is -0.342. The Labute approximate surface area is 120 Å². The quantitative estimate of drug-likeness (QED) is 0.835. The number of anilines is 2. The predicted molar refractivity (Wildman–Crippen MR) is 78.4 cm³/mol. The lowest BCUT2D eigenvalue weighted by atomic mass is 10.0. The molecule has 5 heteroatoms. The molecule has 4 nitrogen and oxygen atoms in total. The van der Waals surface area contributed by atoms with Crippen LogP contribution in [0, 0.1) is 0 Å². The number of carbonyl (C=O) groups is 1. The summed E-state index contributed by atoms with van der Waals surface area (Å²) in [6, 6.07) is 4.33. The minimum absolute atomic E-state index is 0.342. The molecule has 2 atom stereocenters. The van der Waals surface area contributed by atoms with Gasteiger partial charge in [-0.15, -0.1) is 0 Å². The van der Waals surface area contributed by atoms with Crippen molar-refractivity contribution in [1.29, 1.82) is 0 Å². The third-order valence-electron chi connectivity index (χ3n) is 4.03. The first-order valence-electron chi connectivity index (χ1n) is 6.67. The van der Waals surface area contributed by atoms with Crippen LogP contribution < -0.4 is 10.2 Å². The van der Waals surface area contributed by atoms with Crippen molar-refractivity contribution in [1.82, 2.24) is 0 Å². The molecule has 0 radical (unpaired) electrons. The Kier molecular flexibility index (Phi) is 3.27. The number of rotatable bonds is 1. The van der Waals surface area contributed by atoms with Gasteiger partial charge in [-0.25, -0.2) is 0 Å². The van der Waals surface area contributed by atoms with Gasteiger partial charge < -0.3 is 15.3 Å². The number of piperidine rings is 1. The van der Waals surface area contributed by atoms with Crippen molar-refractivity contribution in [2.24, 2.45) is 0 Å². The summed E-state index contributed by atoms with van der Waals surface area (Å²) in [6.45, 7) is 3.27. The van der Waals surface area contributed by atoms with E-state index in [1.807, 2.05) is 12.1 Å². The zero-order valence-electron chi connectivity index (χ0n) is 10.8. The molecule has 3 rings (SSSR count). The van der Waals surface area contributed by atoms with Crippen LogP contribution in [-0.2, 0) is 4.79 Å². The van der Waals surface area contributed by atoms with Crippen molar-refractivity contribution in [2.75, 3.05) is 16.8 Å². The summed E-state index contributed by atoms with van der Waals surface area (Å²) >= 11 is 3.57. The molecule has 0 aromatic heterocycles. The van der Waals surface area contributed by atoms with Gasteiger partial charge in [0.1, 0.15) is 0 Å². The lowest BCUT2D eigenvalue weighted by Crippen LogP contribution is -2.37.